The minimum Gasteiger partial charge on any atom is -0.389 e. The fourth-order valence-electron chi connectivity index (χ4n) is 4.10. The number of nitrogens with zero attached hydrogens (tertiary/aromatic N) is 1. The summed E-state index contributed by atoms with van der Waals surface area (Å²) in [4.78, 5) is 2.49. The van der Waals surface area contributed by atoms with Gasteiger partial charge in [0.15, 0.2) is 0 Å². The van der Waals surface area contributed by atoms with E-state index in [0.29, 0.717) is 12.7 Å². The van der Waals surface area contributed by atoms with Crippen molar-refractivity contribution < 1.29 is 9.84 Å². The van der Waals surface area contributed by atoms with E-state index in [4.69, 9.17) is 4.74 Å². The Morgan fingerprint density at radius 3 is 2.15 bits per heavy atom. The van der Waals surface area contributed by atoms with E-state index in [1.54, 1.807) is 0 Å². The Kier molecular flexibility index (Phi) is 5.14. The number of hydrogen-bond acceptors (Lipinski definition) is 3. The fraction of sp³-hybridized carbons (Fsp3) is 1.00. The quantitative estimate of drug-likeness (QED) is 0.840. The second kappa shape index (κ2) is 6.33. The Hall–Kier alpha value is -0.120. The van der Waals surface area contributed by atoms with Gasteiger partial charge in [-0.05, 0) is 59.8 Å². The van der Waals surface area contributed by atoms with Crippen LogP contribution < -0.4 is 0 Å². The first-order chi connectivity index (χ1) is 9.31. The van der Waals surface area contributed by atoms with Crippen molar-refractivity contribution in [1.82, 2.24) is 4.90 Å². The number of hydrogen-bond donors (Lipinski definition) is 1. The molecule has 0 spiro atoms. The first-order valence-corrected chi connectivity index (χ1v) is 8.39. The van der Waals surface area contributed by atoms with Crippen molar-refractivity contribution in [3.05, 3.63) is 0 Å². The first kappa shape index (κ1) is 16.3. The van der Waals surface area contributed by atoms with Crippen molar-refractivity contribution in [1.29, 1.82) is 0 Å². The molecule has 2 rings (SSSR count). The predicted octanol–water partition coefficient (Wildman–Crippen LogP) is 3.35. The van der Waals surface area contributed by atoms with E-state index < -0.39 is 0 Å². The minimum absolute atomic E-state index is 0.177. The molecule has 0 unspecified atom stereocenters. The van der Waals surface area contributed by atoms with Gasteiger partial charge < -0.3 is 9.84 Å². The highest BCUT2D eigenvalue weighted by Gasteiger charge is 2.41. The Morgan fingerprint density at radius 2 is 1.60 bits per heavy atom. The third-order valence-electron chi connectivity index (χ3n) is 5.26. The fourth-order valence-corrected chi connectivity index (χ4v) is 4.10. The van der Waals surface area contributed by atoms with Crippen LogP contribution in [-0.4, -0.2) is 46.4 Å². The van der Waals surface area contributed by atoms with Gasteiger partial charge in [-0.3, -0.25) is 4.90 Å². The van der Waals surface area contributed by atoms with Crippen molar-refractivity contribution in [2.75, 3.05) is 13.2 Å². The zero-order chi connectivity index (χ0) is 14.8. The van der Waals surface area contributed by atoms with Crippen LogP contribution in [0.25, 0.3) is 0 Å². The van der Waals surface area contributed by atoms with Gasteiger partial charge in [-0.1, -0.05) is 12.8 Å². The Morgan fingerprint density at radius 1 is 1.05 bits per heavy atom. The highest BCUT2D eigenvalue weighted by Crippen LogP contribution is 2.38. The molecular weight excluding hydrogens is 250 g/mol. The van der Waals surface area contributed by atoms with E-state index in [9.17, 15) is 5.11 Å². The molecule has 1 saturated carbocycles. The molecule has 3 nitrogen and oxygen atoms in total. The largest absolute Gasteiger partial charge is 0.389 e. The Balaban J connectivity index is 1.85. The van der Waals surface area contributed by atoms with Crippen LogP contribution in [0.4, 0.5) is 0 Å². The molecule has 118 valence electrons. The van der Waals surface area contributed by atoms with Crippen LogP contribution in [0.5, 0.6) is 0 Å². The van der Waals surface area contributed by atoms with Gasteiger partial charge in [0.2, 0.25) is 0 Å². The predicted molar refractivity (Wildman–Crippen MR) is 82.9 cm³/mol. The van der Waals surface area contributed by atoms with E-state index in [1.807, 2.05) is 0 Å². The number of aliphatic hydroxyl groups excluding tert-OH is 1. The number of rotatable bonds is 5. The lowest BCUT2D eigenvalue weighted by atomic mass is 9.79. The molecule has 1 aliphatic heterocycles. The van der Waals surface area contributed by atoms with Gasteiger partial charge >= 0.3 is 0 Å². The number of piperidine rings is 1. The maximum absolute atomic E-state index is 10.4. The summed E-state index contributed by atoms with van der Waals surface area (Å²) in [6, 6.07) is 0. The van der Waals surface area contributed by atoms with Crippen molar-refractivity contribution in [2.24, 2.45) is 0 Å². The summed E-state index contributed by atoms with van der Waals surface area (Å²) in [6.45, 7) is 10.4. The third kappa shape index (κ3) is 3.96. The van der Waals surface area contributed by atoms with Crippen LogP contribution >= 0.6 is 0 Å². The molecule has 2 aliphatic rings. The monoisotopic (exact) mass is 283 g/mol. The molecule has 0 aromatic heterocycles. The summed E-state index contributed by atoms with van der Waals surface area (Å²) in [7, 11) is 0. The topological polar surface area (TPSA) is 32.7 Å². The van der Waals surface area contributed by atoms with Crippen molar-refractivity contribution in [3.8, 4) is 0 Å². The molecule has 1 heterocycles. The summed E-state index contributed by atoms with van der Waals surface area (Å²) >= 11 is 0. The third-order valence-corrected chi connectivity index (χ3v) is 5.26. The normalized spacial score (nSPS) is 28.6. The lowest BCUT2D eigenvalue weighted by molar-refractivity contribution is -0.0780. The van der Waals surface area contributed by atoms with Gasteiger partial charge in [0.05, 0.1) is 18.8 Å². The Bertz CT molecular complexity index is 292. The first-order valence-electron chi connectivity index (χ1n) is 8.39. The van der Waals surface area contributed by atoms with E-state index >= 15 is 0 Å². The summed E-state index contributed by atoms with van der Waals surface area (Å²) in [5.74, 6) is 0. The summed E-state index contributed by atoms with van der Waals surface area (Å²) in [5, 5.41) is 10.4. The van der Waals surface area contributed by atoms with Crippen LogP contribution in [0.1, 0.15) is 72.6 Å². The number of β-amino-alcohol motifs (C(OH)–C–C–N with tert-alkyl or cyclic N) is 1. The van der Waals surface area contributed by atoms with Crippen molar-refractivity contribution in [2.45, 2.75) is 95.9 Å². The second-order valence-electron chi connectivity index (χ2n) is 7.98. The van der Waals surface area contributed by atoms with Crippen LogP contribution in [0.3, 0.4) is 0 Å². The Labute approximate surface area is 124 Å². The SMILES string of the molecule is CC1(C)CCCC(C)(C)N1C[C@@H](O)COC1CCCC1. The second-order valence-corrected chi connectivity index (χ2v) is 7.98. The molecule has 1 aliphatic carbocycles. The maximum Gasteiger partial charge on any atom is 0.0900 e. The molecule has 0 bridgehead atoms. The molecule has 1 saturated heterocycles. The standard InChI is InChI=1S/C17H33NO2/c1-16(2)10-7-11-17(3,4)18(16)12-14(19)13-20-15-8-5-6-9-15/h14-15,19H,5-13H2,1-4H3/t14-/m1/s1. The average molecular weight is 283 g/mol. The average Bonchev–Trinajstić information content (AvgIpc) is 2.84. The number of ether oxygens (including phenoxy) is 1. The van der Waals surface area contributed by atoms with Crippen LogP contribution in [0.15, 0.2) is 0 Å². The van der Waals surface area contributed by atoms with Crippen LogP contribution in [0, 0.1) is 0 Å². The molecule has 0 amide bonds. The molecule has 0 aromatic carbocycles. The van der Waals surface area contributed by atoms with Crippen molar-refractivity contribution in [3.63, 3.8) is 0 Å². The summed E-state index contributed by atoms with van der Waals surface area (Å²) in [5.41, 5.74) is 0.353. The van der Waals surface area contributed by atoms with Gasteiger partial charge in [-0.15, -0.1) is 0 Å². The highest BCUT2D eigenvalue weighted by molar-refractivity contribution is 4.97. The molecule has 20 heavy (non-hydrogen) atoms. The van der Waals surface area contributed by atoms with E-state index in [1.165, 1.54) is 44.9 Å². The maximum atomic E-state index is 10.4. The molecule has 0 radical (unpaired) electrons. The van der Waals surface area contributed by atoms with Gasteiger partial charge in [-0.2, -0.15) is 0 Å². The zero-order valence-corrected chi connectivity index (χ0v) is 13.8. The molecule has 1 N–H and O–H groups in total. The van der Waals surface area contributed by atoms with Gasteiger partial charge in [0.1, 0.15) is 0 Å². The van der Waals surface area contributed by atoms with Crippen LogP contribution in [-0.2, 0) is 4.74 Å². The summed E-state index contributed by atoms with van der Waals surface area (Å²) in [6.07, 6.45) is 8.66. The lowest BCUT2D eigenvalue weighted by Crippen LogP contribution is -2.60. The highest BCUT2D eigenvalue weighted by atomic mass is 16.5. The molecular formula is C17H33NO2. The lowest BCUT2D eigenvalue weighted by Gasteiger charge is -2.53. The number of likely N-dealkylation sites (tertiary alicyclic amines) is 1. The molecule has 1 atom stereocenters. The van der Waals surface area contributed by atoms with Gasteiger partial charge in [0.25, 0.3) is 0 Å². The molecule has 2 fully saturated rings. The van der Waals surface area contributed by atoms with Gasteiger partial charge in [0, 0.05) is 17.6 Å². The minimum atomic E-state index is -0.368. The number of aliphatic hydroxyl groups is 1. The van der Waals surface area contributed by atoms with E-state index in [2.05, 4.69) is 32.6 Å². The van der Waals surface area contributed by atoms with E-state index in [-0.39, 0.29) is 17.2 Å². The van der Waals surface area contributed by atoms with Gasteiger partial charge in [-0.25, -0.2) is 0 Å². The summed E-state index contributed by atoms with van der Waals surface area (Å²) < 4.78 is 5.87. The molecule has 0 aromatic rings. The smallest absolute Gasteiger partial charge is 0.0900 e. The van der Waals surface area contributed by atoms with Crippen molar-refractivity contribution >= 4 is 0 Å². The zero-order valence-electron chi connectivity index (χ0n) is 13.8. The van der Waals surface area contributed by atoms with E-state index in [0.717, 1.165) is 6.54 Å². The van der Waals surface area contributed by atoms with Crippen LogP contribution in [0.2, 0.25) is 0 Å². The molecule has 3 heteroatoms.